The van der Waals surface area contributed by atoms with Crippen LogP contribution in [0.5, 0.6) is 0 Å². The van der Waals surface area contributed by atoms with E-state index in [1.807, 2.05) is 13.8 Å². The molecule has 0 aliphatic heterocycles. The molecule has 0 bridgehead atoms. The van der Waals surface area contributed by atoms with Crippen LogP contribution < -0.4 is 5.32 Å². The van der Waals surface area contributed by atoms with Crippen molar-refractivity contribution in [1.29, 1.82) is 5.26 Å². The van der Waals surface area contributed by atoms with Crippen LogP contribution in [0.1, 0.15) is 26.3 Å². The maximum absolute atomic E-state index is 11.8. The fourth-order valence-electron chi connectivity index (χ4n) is 1.62. The standard InChI is InChI=1S/C16H19ClN2O3/c1-11(2)16(3,10-18)19-14(20)9-22-15(21)8-12-6-4-5-7-13(12)17/h4-7,11H,8-9H2,1-3H3,(H,19,20)/t16-/m1/s1. The summed E-state index contributed by atoms with van der Waals surface area (Å²) in [4.78, 5) is 23.5. The largest absolute Gasteiger partial charge is 0.455 e. The van der Waals surface area contributed by atoms with Gasteiger partial charge in [0.2, 0.25) is 0 Å². The number of halogens is 1. The Balaban J connectivity index is 2.50. The minimum Gasteiger partial charge on any atom is -0.455 e. The number of nitrogens with zero attached hydrogens (tertiary/aromatic N) is 1. The third kappa shape index (κ3) is 5.05. The molecular formula is C16H19ClN2O3. The molecule has 0 fully saturated rings. The molecule has 1 aromatic rings. The van der Waals surface area contributed by atoms with Gasteiger partial charge >= 0.3 is 5.97 Å². The molecule has 0 aromatic heterocycles. The highest BCUT2D eigenvalue weighted by molar-refractivity contribution is 6.31. The zero-order valence-corrected chi connectivity index (χ0v) is 13.6. The van der Waals surface area contributed by atoms with Crippen molar-refractivity contribution in [2.45, 2.75) is 32.7 Å². The molecule has 0 aliphatic rings. The molecule has 0 saturated carbocycles. The van der Waals surface area contributed by atoms with Crippen molar-refractivity contribution in [1.82, 2.24) is 5.32 Å². The number of ether oxygens (including phenoxy) is 1. The number of carbonyl (C=O) groups is 2. The van der Waals surface area contributed by atoms with Gasteiger partial charge in [0.25, 0.3) is 5.91 Å². The Morgan fingerprint density at radius 3 is 2.59 bits per heavy atom. The van der Waals surface area contributed by atoms with Crippen molar-refractivity contribution in [3.05, 3.63) is 34.9 Å². The van der Waals surface area contributed by atoms with Gasteiger partial charge in [0.1, 0.15) is 5.54 Å². The molecule has 0 unspecified atom stereocenters. The molecule has 1 amide bonds. The van der Waals surface area contributed by atoms with Crippen molar-refractivity contribution in [3.8, 4) is 6.07 Å². The highest BCUT2D eigenvalue weighted by Crippen LogP contribution is 2.16. The number of carbonyl (C=O) groups excluding carboxylic acids is 2. The third-order valence-corrected chi connectivity index (χ3v) is 3.81. The number of benzene rings is 1. The maximum Gasteiger partial charge on any atom is 0.310 e. The van der Waals surface area contributed by atoms with Crippen molar-refractivity contribution < 1.29 is 14.3 Å². The molecular weight excluding hydrogens is 304 g/mol. The van der Waals surface area contributed by atoms with Crippen LogP contribution in [0.15, 0.2) is 24.3 Å². The summed E-state index contributed by atoms with van der Waals surface area (Å²) in [5.41, 5.74) is -0.356. The SMILES string of the molecule is CC(C)[C@@](C)(C#N)NC(=O)COC(=O)Cc1ccccc1Cl. The molecule has 1 N–H and O–H groups in total. The molecule has 22 heavy (non-hydrogen) atoms. The average molecular weight is 323 g/mol. The summed E-state index contributed by atoms with van der Waals surface area (Å²) < 4.78 is 4.91. The molecule has 0 spiro atoms. The van der Waals surface area contributed by atoms with Crippen molar-refractivity contribution in [3.63, 3.8) is 0 Å². The summed E-state index contributed by atoms with van der Waals surface area (Å²) >= 11 is 5.95. The second-order valence-corrected chi connectivity index (χ2v) is 5.85. The molecule has 6 heteroatoms. The van der Waals surface area contributed by atoms with E-state index in [4.69, 9.17) is 21.6 Å². The van der Waals surface area contributed by atoms with Crippen molar-refractivity contribution in [2.24, 2.45) is 5.92 Å². The minimum atomic E-state index is -0.994. The molecule has 118 valence electrons. The normalized spacial score (nSPS) is 13.1. The van der Waals surface area contributed by atoms with Crippen LogP contribution >= 0.6 is 11.6 Å². The molecule has 0 heterocycles. The summed E-state index contributed by atoms with van der Waals surface area (Å²) in [7, 11) is 0. The number of amides is 1. The molecule has 0 saturated heterocycles. The van der Waals surface area contributed by atoms with E-state index in [0.717, 1.165) is 0 Å². The van der Waals surface area contributed by atoms with Crippen LogP contribution in [0.3, 0.4) is 0 Å². The van der Waals surface area contributed by atoms with Gasteiger partial charge in [0.05, 0.1) is 12.5 Å². The van der Waals surface area contributed by atoms with Gasteiger partial charge in [-0.05, 0) is 24.5 Å². The van der Waals surface area contributed by atoms with Crippen LogP contribution in [-0.2, 0) is 20.7 Å². The van der Waals surface area contributed by atoms with Crippen molar-refractivity contribution >= 4 is 23.5 Å². The monoisotopic (exact) mass is 322 g/mol. The first-order valence-electron chi connectivity index (χ1n) is 6.90. The highest BCUT2D eigenvalue weighted by atomic mass is 35.5. The van der Waals surface area contributed by atoms with E-state index in [-0.39, 0.29) is 12.3 Å². The van der Waals surface area contributed by atoms with Gasteiger partial charge in [-0.1, -0.05) is 43.6 Å². The summed E-state index contributed by atoms with van der Waals surface area (Å²) in [6, 6.07) is 8.98. The lowest BCUT2D eigenvalue weighted by molar-refractivity contribution is -0.148. The second kappa shape index (κ2) is 7.81. The van der Waals surface area contributed by atoms with E-state index in [2.05, 4.69) is 11.4 Å². The number of rotatable bonds is 6. The van der Waals surface area contributed by atoms with Crippen LogP contribution in [-0.4, -0.2) is 24.0 Å². The first kappa shape index (κ1) is 18.0. The lowest BCUT2D eigenvalue weighted by Gasteiger charge is -2.27. The Morgan fingerprint density at radius 1 is 1.41 bits per heavy atom. The van der Waals surface area contributed by atoms with Crippen LogP contribution in [0, 0.1) is 17.2 Å². The topological polar surface area (TPSA) is 79.2 Å². The van der Waals surface area contributed by atoms with Gasteiger partial charge in [-0.2, -0.15) is 5.26 Å². The highest BCUT2D eigenvalue weighted by Gasteiger charge is 2.30. The second-order valence-electron chi connectivity index (χ2n) is 5.45. The van der Waals surface area contributed by atoms with E-state index >= 15 is 0 Å². The molecule has 1 aromatic carbocycles. The van der Waals surface area contributed by atoms with Gasteiger partial charge in [0.15, 0.2) is 6.61 Å². The van der Waals surface area contributed by atoms with E-state index in [9.17, 15) is 9.59 Å². The average Bonchev–Trinajstić information content (AvgIpc) is 2.47. The summed E-state index contributed by atoms with van der Waals surface area (Å²) in [5.74, 6) is -1.13. The fourth-order valence-corrected chi connectivity index (χ4v) is 1.82. The molecule has 0 radical (unpaired) electrons. The Labute approximate surface area is 135 Å². The van der Waals surface area contributed by atoms with Gasteiger partial charge in [-0.25, -0.2) is 0 Å². The lowest BCUT2D eigenvalue weighted by Crippen LogP contribution is -2.50. The van der Waals surface area contributed by atoms with E-state index < -0.39 is 24.0 Å². The number of nitriles is 1. The maximum atomic E-state index is 11.8. The lowest BCUT2D eigenvalue weighted by atomic mass is 9.90. The van der Waals surface area contributed by atoms with Crippen LogP contribution in [0.4, 0.5) is 0 Å². The Bertz CT molecular complexity index is 595. The quantitative estimate of drug-likeness (QED) is 0.816. The predicted octanol–water partition coefficient (Wildman–Crippen LogP) is 2.48. The summed E-state index contributed by atoms with van der Waals surface area (Å²) in [5, 5.41) is 12.2. The number of hydrogen-bond acceptors (Lipinski definition) is 4. The molecule has 1 atom stereocenters. The molecule has 0 aliphatic carbocycles. The van der Waals surface area contributed by atoms with Crippen LogP contribution in [0.2, 0.25) is 5.02 Å². The van der Waals surface area contributed by atoms with Gasteiger partial charge < -0.3 is 10.1 Å². The summed E-state index contributed by atoms with van der Waals surface area (Å²) in [6.07, 6.45) is -0.00729. The first-order valence-corrected chi connectivity index (χ1v) is 7.27. The predicted molar refractivity (Wildman–Crippen MR) is 83.1 cm³/mol. The van der Waals surface area contributed by atoms with Gasteiger partial charge in [0, 0.05) is 5.02 Å². The first-order chi connectivity index (χ1) is 10.3. The van der Waals surface area contributed by atoms with Crippen molar-refractivity contribution in [2.75, 3.05) is 6.61 Å². The molecule has 5 nitrogen and oxygen atoms in total. The van der Waals surface area contributed by atoms with Gasteiger partial charge in [-0.3, -0.25) is 9.59 Å². The Kier molecular flexibility index (Phi) is 6.39. The Hall–Kier alpha value is -2.06. The van der Waals surface area contributed by atoms with E-state index in [1.165, 1.54) is 0 Å². The third-order valence-electron chi connectivity index (χ3n) is 3.44. The van der Waals surface area contributed by atoms with Gasteiger partial charge in [-0.15, -0.1) is 0 Å². The minimum absolute atomic E-state index is 0.00729. The van der Waals surface area contributed by atoms with E-state index in [0.29, 0.717) is 10.6 Å². The number of nitrogens with one attached hydrogen (secondary N) is 1. The Morgan fingerprint density at radius 2 is 2.05 bits per heavy atom. The number of esters is 1. The van der Waals surface area contributed by atoms with Crippen LogP contribution in [0.25, 0.3) is 0 Å². The smallest absolute Gasteiger partial charge is 0.310 e. The zero-order valence-electron chi connectivity index (χ0n) is 12.9. The summed E-state index contributed by atoms with van der Waals surface area (Å²) in [6.45, 7) is 4.86. The number of hydrogen-bond donors (Lipinski definition) is 1. The molecule has 1 rings (SSSR count). The van der Waals surface area contributed by atoms with E-state index in [1.54, 1.807) is 31.2 Å². The fraction of sp³-hybridized carbons (Fsp3) is 0.438. The zero-order chi connectivity index (χ0) is 16.8.